The third-order valence-electron chi connectivity index (χ3n) is 5.94. The molecule has 0 unspecified atom stereocenters. The first-order valence-electron chi connectivity index (χ1n) is 10.2. The number of aromatic amines is 1. The molecule has 9 heteroatoms. The Hall–Kier alpha value is -3.49. The van der Waals surface area contributed by atoms with Gasteiger partial charge in [-0.3, -0.25) is 10.00 Å². The van der Waals surface area contributed by atoms with Crippen molar-refractivity contribution in [2.24, 2.45) is 5.92 Å². The molecule has 1 saturated heterocycles. The van der Waals surface area contributed by atoms with Crippen LogP contribution in [0.4, 0.5) is 16.3 Å². The molecule has 3 aromatic heterocycles. The van der Waals surface area contributed by atoms with E-state index in [0.717, 1.165) is 49.3 Å². The summed E-state index contributed by atoms with van der Waals surface area (Å²) in [6.07, 6.45) is 12.1. The number of anilines is 2. The Morgan fingerprint density at radius 3 is 2.70 bits per heavy atom. The van der Waals surface area contributed by atoms with E-state index in [4.69, 9.17) is 4.74 Å². The summed E-state index contributed by atoms with van der Waals surface area (Å²) in [7, 11) is 0. The van der Waals surface area contributed by atoms with Gasteiger partial charge < -0.3 is 10.1 Å². The van der Waals surface area contributed by atoms with E-state index in [2.05, 4.69) is 30.5 Å². The topological polar surface area (TPSA) is 109 Å². The van der Waals surface area contributed by atoms with E-state index in [9.17, 15) is 4.79 Å². The minimum atomic E-state index is -0.375. The SMILES string of the molecule is O=C1OC2(CCC(CNc3ccc(-c4ncccn4)cn3)CC2)CN1c1cn[nH]c1. The minimum absolute atomic E-state index is 0.278. The van der Waals surface area contributed by atoms with Gasteiger partial charge in [0.15, 0.2) is 5.82 Å². The van der Waals surface area contributed by atoms with E-state index in [-0.39, 0.29) is 11.7 Å². The van der Waals surface area contributed by atoms with E-state index in [1.165, 1.54) is 0 Å². The number of nitrogens with zero attached hydrogens (tertiary/aromatic N) is 5. The van der Waals surface area contributed by atoms with E-state index in [0.29, 0.717) is 18.3 Å². The summed E-state index contributed by atoms with van der Waals surface area (Å²) in [5.41, 5.74) is 1.28. The fourth-order valence-corrected chi connectivity index (χ4v) is 4.21. The maximum absolute atomic E-state index is 12.3. The Morgan fingerprint density at radius 1 is 1.17 bits per heavy atom. The summed E-state index contributed by atoms with van der Waals surface area (Å²) in [6, 6.07) is 5.73. The number of hydrogen-bond donors (Lipinski definition) is 2. The summed E-state index contributed by atoms with van der Waals surface area (Å²) in [5, 5.41) is 10.1. The Balaban J connectivity index is 1.13. The largest absolute Gasteiger partial charge is 0.441 e. The lowest BCUT2D eigenvalue weighted by Gasteiger charge is -2.35. The van der Waals surface area contributed by atoms with Gasteiger partial charge in [0.25, 0.3) is 0 Å². The second-order valence-corrected chi connectivity index (χ2v) is 7.92. The number of nitrogens with one attached hydrogen (secondary N) is 2. The molecular weight excluding hydrogens is 382 g/mol. The van der Waals surface area contributed by atoms with Crippen molar-refractivity contribution in [3.63, 3.8) is 0 Å². The smallest absolute Gasteiger partial charge is 0.415 e. The number of ether oxygens (including phenoxy) is 1. The Morgan fingerprint density at radius 2 is 2.00 bits per heavy atom. The normalized spacial score (nSPS) is 23.5. The van der Waals surface area contributed by atoms with Gasteiger partial charge >= 0.3 is 6.09 Å². The highest BCUT2D eigenvalue weighted by Gasteiger charge is 2.47. The van der Waals surface area contributed by atoms with Gasteiger partial charge in [-0.15, -0.1) is 0 Å². The van der Waals surface area contributed by atoms with Crippen LogP contribution in [0, 0.1) is 5.92 Å². The third kappa shape index (κ3) is 3.70. The zero-order chi connectivity index (χ0) is 20.4. The van der Waals surface area contributed by atoms with Crippen LogP contribution in [0.3, 0.4) is 0 Å². The zero-order valence-electron chi connectivity index (χ0n) is 16.5. The fraction of sp³-hybridized carbons (Fsp3) is 0.381. The van der Waals surface area contributed by atoms with Gasteiger partial charge in [-0.25, -0.2) is 19.7 Å². The lowest BCUT2D eigenvalue weighted by molar-refractivity contribution is 0.0148. The molecule has 2 N–H and O–H groups in total. The highest BCUT2D eigenvalue weighted by atomic mass is 16.6. The number of hydrogen-bond acceptors (Lipinski definition) is 7. The molecule has 5 rings (SSSR count). The Kier molecular flexibility index (Phi) is 4.78. The molecule has 1 aliphatic carbocycles. The molecule has 0 bridgehead atoms. The second-order valence-electron chi connectivity index (χ2n) is 7.92. The average Bonchev–Trinajstić information content (AvgIpc) is 3.43. The molecule has 4 heterocycles. The predicted octanol–water partition coefficient (Wildman–Crippen LogP) is 3.26. The molecule has 1 saturated carbocycles. The third-order valence-corrected chi connectivity index (χ3v) is 5.94. The van der Waals surface area contributed by atoms with E-state index in [1.54, 1.807) is 42.0 Å². The first-order valence-corrected chi connectivity index (χ1v) is 10.2. The molecule has 1 aliphatic heterocycles. The van der Waals surface area contributed by atoms with Gasteiger partial charge in [0, 0.05) is 36.9 Å². The Labute approximate surface area is 173 Å². The van der Waals surface area contributed by atoms with Gasteiger partial charge in [0.2, 0.25) is 0 Å². The fourth-order valence-electron chi connectivity index (χ4n) is 4.21. The highest BCUT2D eigenvalue weighted by molar-refractivity contribution is 5.89. The molecular formula is C21H23N7O2. The van der Waals surface area contributed by atoms with Crippen molar-refractivity contribution in [3.05, 3.63) is 49.2 Å². The van der Waals surface area contributed by atoms with Crippen LogP contribution in [0.15, 0.2) is 49.2 Å². The van der Waals surface area contributed by atoms with Crippen LogP contribution >= 0.6 is 0 Å². The summed E-state index contributed by atoms with van der Waals surface area (Å²) in [6.45, 7) is 1.44. The molecule has 2 aliphatic rings. The molecule has 1 spiro atoms. The molecule has 1 amide bonds. The van der Waals surface area contributed by atoms with Crippen LogP contribution in [0.25, 0.3) is 11.4 Å². The van der Waals surface area contributed by atoms with Crippen molar-refractivity contribution in [2.45, 2.75) is 31.3 Å². The van der Waals surface area contributed by atoms with Gasteiger partial charge in [-0.1, -0.05) is 0 Å². The van der Waals surface area contributed by atoms with Crippen LogP contribution in [-0.4, -0.2) is 49.9 Å². The van der Waals surface area contributed by atoms with E-state index < -0.39 is 0 Å². The van der Waals surface area contributed by atoms with Crippen LogP contribution in [0.5, 0.6) is 0 Å². The van der Waals surface area contributed by atoms with Crippen molar-refractivity contribution < 1.29 is 9.53 Å². The number of carbonyl (C=O) groups excluding carboxylic acids is 1. The summed E-state index contributed by atoms with van der Waals surface area (Å²) >= 11 is 0. The van der Waals surface area contributed by atoms with Gasteiger partial charge in [-0.05, 0) is 49.8 Å². The lowest BCUT2D eigenvalue weighted by atomic mass is 9.78. The minimum Gasteiger partial charge on any atom is -0.441 e. The summed E-state index contributed by atoms with van der Waals surface area (Å²) in [5.74, 6) is 2.04. The number of pyridine rings is 1. The van der Waals surface area contributed by atoms with E-state index >= 15 is 0 Å². The number of H-pyrrole nitrogens is 1. The zero-order valence-corrected chi connectivity index (χ0v) is 16.5. The van der Waals surface area contributed by atoms with Crippen LogP contribution in [0.1, 0.15) is 25.7 Å². The van der Waals surface area contributed by atoms with Gasteiger partial charge in [0.05, 0.1) is 18.4 Å². The quantitative estimate of drug-likeness (QED) is 0.670. The maximum Gasteiger partial charge on any atom is 0.415 e. The Bertz CT molecular complexity index is 984. The first-order chi connectivity index (χ1) is 14.7. The van der Waals surface area contributed by atoms with Crippen LogP contribution in [0.2, 0.25) is 0 Å². The summed E-state index contributed by atoms with van der Waals surface area (Å²) in [4.78, 5) is 26.9. The number of amides is 1. The van der Waals surface area contributed by atoms with Crippen LogP contribution < -0.4 is 10.2 Å². The monoisotopic (exact) mass is 405 g/mol. The molecule has 3 aromatic rings. The van der Waals surface area contributed by atoms with Crippen molar-refractivity contribution in [1.29, 1.82) is 0 Å². The molecule has 2 fully saturated rings. The van der Waals surface area contributed by atoms with Gasteiger partial charge in [-0.2, -0.15) is 5.10 Å². The molecule has 0 radical (unpaired) electrons. The van der Waals surface area contributed by atoms with Gasteiger partial charge in [0.1, 0.15) is 11.4 Å². The van der Waals surface area contributed by atoms with Crippen molar-refractivity contribution in [3.8, 4) is 11.4 Å². The van der Waals surface area contributed by atoms with Crippen molar-refractivity contribution in [1.82, 2.24) is 25.1 Å². The number of carbonyl (C=O) groups is 1. The standard InChI is InChI=1S/C21H23N7O2/c29-20-28(17-12-26-27-13-17)14-21(30-20)6-4-15(5-7-21)10-24-18-3-2-16(11-25-18)19-22-8-1-9-23-19/h1-3,8-9,11-13,15H,4-7,10,14H2,(H,24,25)(H,26,27). The highest BCUT2D eigenvalue weighted by Crippen LogP contribution is 2.40. The second kappa shape index (κ2) is 7.74. The lowest BCUT2D eigenvalue weighted by Crippen LogP contribution is -2.39. The summed E-state index contributed by atoms with van der Waals surface area (Å²) < 4.78 is 5.79. The maximum atomic E-state index is 12.3. The molecule has 0 aromatic carbocycles. The number of aromatic nitrogens is 5. The predicted molar refractivity (Wildman–Crippen MR) is 111 cm³/mol. The van der Waals surface area contributed by atoms with Crippen molar-refractivity contribution in [2.75, 3.05) is 23.3 Å². The molecule has 9 nitrogen and oxygen atoms in total. The number of rotatable bonds is 5. The van der Waals surface area contributed by atoms with E-state index in [1.807, 2.05) is 12.1 Å². The average molecular weight is 405 g/mol. The van der Waals surface area contributed by atoms with Crippen LogP contribution in [-0.2, 0) is 4.74 Å². The molecule has 154 valence electrons. The molecule has 0 atom stereocenters. The van der Waals surface area contributed by atoms with Crippen molar-refractivity contribution >= 4 is 17.6 Å². The molecule has 30 heavy (non-hydrogen) atoms. The first kappa shape index (κ1) is 18.5.